The minimum atomic E-state index is -0.423. The van der Waals surface area contributed by atoms with E-state index >= 15 is 0 Å². The van der Waals surface area contributed by atoms with Crippen LogP contribution in [0.1, 0.15) is 46.5 Å². The summed E-state index contributed by atoms with van der Waals surface area (Å²) in [5.74, 6) is 0.199. The van der Waals surface area contributed by atoms with Crippen molar-refractivity contribution < 1.29 is 19.4 Å². The first-order valence-corrected chi connectivity index (χ1v) is 6.25. The number of hydrogen-bond donors (Lipinski definition) is 1. The highest BCUT2D eigenvalue weighted by molar-refractivity contribution is 5.88. The smallest absolute Gasteiger partial charge is 0.337 e. The van der Waals surface area contributed by atoms with Crippen molar-refractivity contribution in [2.75, 3.05) is 6.61 Å². The molecule has 4 nitrogen and oxygen atoms in total. The summed E-state index contributed by atoms with van der Waals surface area (Å²) in [7, 11) is 0. The lowest BCUT2D eigenvalue weighted by Gasteiger charge is -2.28. The summed E-state index contributed by atoms with van der Waals surface area (Å²) in [4.78, 5) is 11.5. The molecule has 0 saturated heterocycles. The summed E-state index contributed by atoms with van der Waals surface area (Å²) in [5.41, 5.74) is 0.477. The van der Waals surface area contributed by atoms with Crippen molar-refractivity contribution in [1.82, 2.24) is 0 Å². The maximum atomic E-state index is 11.5. The van der Waals surface area contributed by atoms with Gasteiger partial charge >= 0.3 is 5.97 Å². The lowest BCUT2D eigenvalue weighted by atomic mass is 9.95. The minimum Gasteiger partial charge on any atom is -0.492 e. The molecule has 0 bridgehead atoms. The Morgan fingerprint density at radius 1 is 1.29 bits per heavy atom. The number of allylic oxidation sites excluding steroid dienone is 1. The van der Waals surface area contributed by atoms with Crippen LogP contribution >= 0.6 is 0 Å². The molecule has 0 aromatic carbocycles. The molecule has 1 saturated carbocycles. The molecule has 1 rings (SSSR count). The zero-order valence-electron chi connectivity index (χ0n) is 10.9. The first kappa shape index (κ1) is 14.0. The molecular weight excluding hydrogens is 220 g/mol. The van der Waals surface area contributed by atoms with Crippen molar-refractivity contribution in [3.05, 3.63) is 11.3 Å². The van der Waals surface area contributed by atoms with E-state index in [1.54, 1.807) is 20.8 Å². The van der Waals surface area contributed by atoms with Crippen LogP contribution in [-0.4, -0.2) is 29.9 Å². The third kappa shape index (κ3) is 4.04. The lowest BCUT2D eigenvalue weighted by Crippen LogP contribution is -2.32. The Morgan fingerprint density at radius 2 is 1.94 bits per heavy atom. The summed E-state index contributed by atoms with van der Waals surface area (Å²) in [6.45, 7) is 5.55. The fourth-order valence-corrected chi connectivity index (χ4v) is 1.91. The molecule has 1 N–H and O–H groups in total. The minimum absolute atomic E-state index is 0.187. The van der Waals surface area contributed by atoms with E-state index in [1.807, 2.05) is 0 Å². The highest BCUT2D eigenvalue weighted by Crippen LogP contribution is 2.24. The highest BCUT2D eigenvalue weighted by atomic mass is 16.5. The molecule has 1 aliphatic rings. The number of ether oxygens (including phenoxy) is 2. The Labute approximate surface area is 103 Å². The maximum absolute atomic E-state index is 11.5. The maximum Gasteiger partial charge on any atom is 0.337 e. The molecule has 2 atom stereocenters. The summed E-state index contributed by atoms with van der Waals surface area (Å²) in [6, 6.07) is 0. The van der Waals surface area contributed by atoms with Crippen LogP contribution in [0.3, 0.4) is 0 Å². The number of rotatable bonds is 4. The van der Waals surface area contributed by atoms with Gasteiger partial charge in [-0.05, 0) is 40.0 Å². The molecular formula is C13H22O4. The van der Waals surface area contributed by atoms with Crippen LogP contribution in [0, 0.1) is 0 Å². The van der Waals surface area contributed by atoms with Gasteiger partial charge in [-0.2, -0.15) is 0 Å². The monoisotopic (exact) mass is 242 g/mol. The fourth-order valence-electron chi connectivity index (χ4n) is 1.91. The molecule has 1 fully saturated rings. The van der Waals surface area contributed by atoms with Crippen LogP contribution in [0.15, 0.2) is 11.3 Å². The molecule has 0 aromatic rings. The van der Waals surface area contributed by atoms with E-state index in [9.17, 15) is 9.90 Å². The zero-order valence-corrected chi connectivity index (χ0v) is 10.9. The second-order valence-corrected chi connectivity index (χ2v) is 4.41. The predicted molar refractivity (Wildman–Crippen MR) is 64.4 cm³/mol. The van der Waals surface area contributed by atoms with Gasteiger partial charge in [0.1, 0.15) is 11.9 Å². The third-order valence-corrected chi connectivity index (χ3v) is 3.11. The number of aliphatic hydroxyl groups excluding tert-OH is 1. The van der Waals surface area contributed by atoms with Crippen LogP contribution in [-0.2, 0) is 14.3 Å². The largest absolute Gasteiger partial charge is 0.492 e. The Hall–Kier alpha value is -1.03. The molecule has 1 aliphatic carbocycles. The molecule has 98 valence electrons. The second-order valence-electron chi connectivity index (χ2n) is 4.41. The normalized spacial score (nSPS) is 26.1. The fraction of sp³-hybridized carbons (Fsp3) is 0.769. The van der Waals surface area contributed by atoms with Crippen LogP contribution in [0.5, 0.6) is 0 Å². The van der Waals surface area contributed by atoms with Gasteiger partial charge in [-0.3, -0.25) is 0 Å². The standard InChI is InChI=1S/C13H22O4/c1-4-16-13(15)9(2)10(3)17-12-8-6-5-7-11(12)14/h11-12,14H,4-8H2,1-3H3/b10-9-/t11-,12-/m0/s1. The van der Waals surface area contributed by atoms with Crippen molar-refractivity contribution in [3.63, 3.8) is 0 Å². The van der Waals surface area contributed by atoms with Crippen LogP contribution < -0.4 is 0 Å². The average molecular weight is 242 g/mol. The number of hydrogen-bond acceptors (Lipinski definition) is 4. The van der Waals surface area contributed by atoms with E-state index in [2.05, 4.69) is 0 Å². The van der Waals surface area contributed by atoms with E-state index in [0.717, 1.165) is 25.7 Å². The Balaban J connectivity index is 2.59. The van der Waals surface area contributed by atoms with E-state index in [4.69, 9.17) is 9.47 Å². The van der Waals surface area contributed by atoms with Gasteiger partial charge in [0.2, 0.25) is 0 Å². The van der Waals surface area contributed by atoms with Crippen molar-refractivity contribution in [2.24, 2.45) is 0 Å². The van der Waals surface area contributed by atoms with E-state index in [1.165, 1.54) is 0 Å². The zero-order chi connectivity index (χ0) is 12.8. The number of carbonyl (C=O) groups is 1. The number of aliphatic hydroxyl groups is 1. The van der Waals surface area contributed by atoms with Gasteiger partial charge in [-0.15, -0.1) is 0 Å². The van der Waals surface area contributed by atoms with Crippen LogP contribution in [0.4, 0.5) is 0 Å². The van der Waals surface area contributed by atoms with Gasteiger partial charge in [0.25, 0.3) is 0 Å². The molecule has 0 spiro atoms. The van der Waals surface area contributed by atoms with E-state index in [0.29, 0.717) is 17.9 Å². The van der Waals surface area contributed by atoms with Crippen molar-refractivity contribution >= 4 is 5.97 Å². The Morgan fingerprint density at radius 3 is 2.53 bits per heavy atom. The number of esters is 1. The van der Waals surface area contributed by atoms with Gasteiger partial charge < -0.3 is 14.6 Å². The molecule has 0 amide bonds. The van der Waals surface area contributed by atoms with Gasteiger partial charge in [0.15, 0.2) is 0 Å². The quantitative estimate of drug-likeness (QED) is 0.466. The van der Waals surface area contributed by atoms with E-state index < -0.39 is 6.10 Å². The summed E-state index contributed by atoms with van der Waals surface area (Å²) < 4.78 is 10.6. The molecule has 4 heteroatoms. The number of carbonyl (C=O) groups excluding carboxylic acids is 1. The van der Waals surface area contributed by atoms with Crippen molar-refractivity contribution in [1.29, 1.82) is 0 Å². The first-order valence-electron chi connectivity index (χ1n) is 6.25. The Bertz CT molecular complexity index is 296. The Kier molecular flexibility index (Phi) is 5.48. The molecule has 0 aliphatic heterocycles. The van der Waals surface area contributed by atoms with Crippen LogP contribution in [0.25, 0.3) is 0 Å². The predicted octanol–water partition coefficient (Wildman–Crippen LogP) is 2.16. The first-order chi connectivity index (χ1) is 8.06. The molecule has 0 unspecified atom stereocenters. The van der Waals surface area contributed by atoms with Crippen LogP contribution in [0.2, 0.25) is 0 Å². The van der Waals surface area contributed by atoms with Gasteiger partial charge in [0, 0.05) is 0 Å². The summed E-state index contributed by atoms with van der Waals surface area (Å²) in [6.07, 6.45) is 3.11. The third-order valence-electron chi connectivity index (χ3n) is 3.11. The second kappa shape index (κ2) is 6.64. The van der Waals surface area contributed by atoms with Crippen molar-refractivity contribution in [3.8, 4) is 0 Å². The topological polar surface area (TPSA) is 55.8 Å². The summed E-state index contributed by atoms with van der Waals surface area (Å²) >= 11 is 0. The summed E-state index contributed by atoms with van der Waals surface area (Å²) in [5, 5.41) is 9.78. The molecule has 0 aromatic heterocycles. The molecule has 0 radical (unpaired) electrons. The highest BCUT2D eigenvalue weighted by Gasteiger charge is 2.25. The SMILES string of the molecule is CCOC(=O)/C(C)=C(/C)O[C@H]1CCCC[C@@H]1O. The average Bonchev–Trinajstić information content (AvgIpc) is 2.31. The van der Waals surface area contributed by atoms with Crippen molar-refractivity contribution in [2.45, 2.75) is 58.7 Å². The van der Waals surface area contributed by atoms with E-state index in [-0.39, 0.29) is 12.1 Å². The van der Waals surface area contributed by atoms with Gasteiger partial charge in [-0.1, -0.05) is 6.42 Å². The van der Waals surface area contributed by atoms with Gasteiger partial charge in [0.05, 0.1) is 18.3 Å². The molecule has 0 heterocycles. The van der Waals surface area contributed by atoms with Gasteiger partial charge in [-0.25, -0.2) is 4.79 Å². The molecule has 17 heavy (non-hydrogen) atoms. The lowest BCUT2D eigenvalue weighted by molar-refractivity contribution is -0.138.